The smallest absolute Gasteiger partial charge is 0.270 e. The third-order valence-electron chi connectivity index (χ3n) is 6.29. The second-order valence-electron chi connectivity index (χ2n) is 9.03. The van der Waals surface area contributed by atoms with Crippen molar-refractivity contribution in [2.24, 2.45) is 0 Å². The number of hydrogen-bond acceptors (Lipinski definition) is 4. The first-order valence-corrected chi connectivity index (χ1v) is 12.0. The molecule has 8 heteroatoms. The minimum atomic E-state index is -0.554. The molecule has 2 amide bonds. The van der Waals surface area contributed by atoms with E-state index in [1.807, 2.05) is 12.1 Å². The molecule has 5 nitrogen and oxygen atoms in total. The van der Waals surface area contributed by atoms with E-state index in [1.165, 1.54) is 4.90 Å². The summed E-state index contributed by atoms with van der Waals surface area (Å²) in [4.78, 5) is 29.7. The number of carbonyl (C=O) groups excluding carboxylic acids is 2. The Morgan fingerprint density at radius 1 is 1.21 bits per heavy atom. The summed E-state index contributed by atoms with van der Waals surface area (Å²) in [5.74, 6) is -0.774. The fraction of sp³-hybridized carbons (Fsp3) is 0.320. The number of rotatable bonds is 3. The van der Waals surface area contributed by atoms with E-state index in [0.717, 1.165) is 24.2 Å². The first-order valence-electron chi connectivity index (χ1n) is 10.8. The predicted octanol–water partition coefficient (Wildman–Crippen LogP) is 5.94. The lowest BCUT2D eigenvalue weighted by Gasteiger charge is -2.47. The minimum absolute atomic E-state index is 0.00963. The molecule has 0 aromatic heterocycles. The van der Waals surface area contributed by atoms with Crippen molar-refractivity contribution in [2.45, 2.75) is 45.6 Å². The summed E-state index contributed by atoms with van der Waals surface area (Å²) in [6.45, 7) is 9.65. The molecular weight excluding hydrogens is 477 g/mol. The Kier molecular flexibility index (Phi) is 6.29. The van der Waals surface area contributed by atoms with Crippen LogP contribution in [0.5, 0.6) is 0 Å². The van der Waals surface area contributed by atoms with Crippen LogP contribution < -0.4 is 15.1 Å². The molecule has 4 rings (SSSR count). The monoisotopic (exact) mass is 501 g/mol. The predicted molar refractivity (Wildman–Crippen MR) is 139 cm³/mol. The van der Waals surface area contributed by atoms with Crippen LogP contribution >= 0.6 is 35.4 Å². The molecule has 1 unspecified atom stereocenters. The summed E-state index contributed by atoms with van der Waals surface area (Å²) >= 11 is 18.0. The van der Waals surface area contributed by atoms with E-state index < -0.39 is 11.8 Å². The quantitative estimate of drug-likeness (QED) is 0.321. The molecule has 172 valence electrons. The summed E-state index contributed by atoms with van der Waals surface area (Å²) in [6.07, 6.45) is 2.53. The van der Waals surface area contributed by atoms with Crippen LogP contribution in [0.4, 0.5) is 11.4 Å². The van der Waals surface area contributed by atoms with E-state index in [0.29, 0.717) is 27.2 Å². The number of carbonyl (C=O) groups is 2. The van der Waals surface area contributed by atoms with Gasteiger partial charge in [-0.05, 0) is 92.9 Å². The zero-order valence-corrected chi connectivity index (χ0v) is 21.2. The summed E-state index contributed by atoms with van der Waals surface area (Å²) in [6, 6.07) is 10.7. The summed E-state index contributed by atoms with van der Waals surface area (Å²) in [5, 5.41) is 3.55. The highest BCUT2D eigenvalue weighted by molar-refractivity contribution is 7.80. The number of halogens is 2. The molecule has 2 heterocycles. The van der Waals surface area contributed by atoms with Gasteiger partial charge in [-0.25, -0.2) is 0 Å². The van der Waals surface area contributed by atoms with E-state index in [4.69, 9.17) is 35.4 Å². The van der Waals surface area contributed by atoms with Gasteiger partial charge in [0.25, 0.3) is 11.8 Å². The van der Waals surface area contributed by atoms with Crippen LogP contribution in [0.3, 0.4) is 0 Å². The van der Waals surface area contributed by atoms with E-state index >= 15 is 0 Å². The van der Waals surface area contributed by atoms with Crippen molar-refractivity contribution in [1.29, 1.82) is 0 Å². The van der Waals surface area contributed by atoms with E-state index in [2.05, 4.69) is 37.9 Å². The fourth-order valence-electron chi connectivity index (χ4n) is 4.89. The molecule has 1 saturated heterocycles. The Hall–Kier alpha value is -2.41. The Balaban J connectivity index is 1.78. The number of thiocarbonyl (C=S) groups is 1. The maximum absolute atomic E-state index is 13.3. The average Bonchev–Trinajstić information content (AvgIpc) is 2.71. The number of nitrogens with one attached hydrogen (secondary N) is 1. The van der Waals surface area contributed by atoms with Gasteiger partial charge in [0.05, 0.1) is 5.69 Å². The molecule has 2 aromatic carbocycles. The highest BCUT2D eigenvalue weighted by atomic mass is 35.5. The molecule has 0 aliphatic carbocycles. The zero-order chi connectivity index (χ0) is 24.1. The van der Waals surface area contributed by atoms with Crippen molar-refractivity contribution in [3.05, 3.63) is 63.1 Å². The molecule has 2 aromatic rings. The van der Waals surface area contributed by atoms with Gasteiger partial charge in [-0.15, -0.1) is 0 Å². The molecule has 0 spiro atoms. The molecule has 0 radical (unpaired) electrons. The molecular formula is C25H25Cl2N3O2S. The standard InChI is InChI=1S/C25H25Cl2N3O2S/c1-5-29-21-12-20(27)15(9-18(21)14(2)13-25(29,3)4)10-19-22(31)28-24(33)30(23(19)32)17-8-6-7-16(26)11-17/h6-12,14H,5,13H2,1-4H3,(H,28,31,33)/b19-10-. The lowest BCUT2D eigenvalue weighted by molar-refractivity contribution is -0.122. The van der Waals surface area contributed by atoms with Gasteiger partial charge in [0.2, 0.25) is 0 Å². The van der Waals surface area contributed by atoms with E-state index in [9.17, 15) is 9.59 Å². The van der Waals surface area contributed by atoms with Gasteiger partial charge in [-0.3, -0.25) is 19.8 Å². The van der Waals surface area contributed by atoms with Crippen LogP contribution in [0.25, 0.3) is 6.08 Å². The van der Waals surface area contributed by atoms with Crippen molar-refractivity contribution in [1.82, 2.24) is 5.32 Å². The molecule has 0 bridgehead atoms. The maximum Gasteiger partial charge on any atom is 0.270 e. The van der Waals surface area contributed by atoms with Gasteiger partial charge >= 0.3 is 0 Å². The average molecular weight is 502 g/mol. The zero-order valence-electron chi connectivity index (χ0n) is 18.9. The normalized spacial score (nSPS) is 21.3. The van der Waals surface area contributed by atoms with Gasteiger partial charge in [-0.1, -0.05) is 36.2 Å². The second-order valence-corrected chi connectivity index (χ2v) is 10.3. The van der Waals surface area contributed by atoms with Gasteiger partial charge in [-0.2, -0.15) is 0 Å². The number of amides is 2. The van der Waals surface area contributed by atoms with Crippen molar-refractivity contribution in [2.75, 3.05) is 16.3 Å². The third kappa shape index (κ3) is 4.27. The van der Waals surface area contributed by atoms with Crippen LogP contribution in [0.2, 0.25) is 10.0 Å². The van der Waals surface area contributed by atoms with Crippen molar-refractivity contribution in [3.63, 3.8) is 0 Å². The molecule has 1 N–H and O–H groups in total. The van der Waals surface area contributed by atoms with Crippen molar-refractivity contribution >= 4 is 69.8 Å². The lowest BCUT2D eigenvalue weighted by atomic mass is 9.79. The van der Waals surface area contributed by atoms with Crippen LogP contribution in [0.1, 0.15) is 51.2 Å². The number of hydrogen-bond donors (Lipinski definition) is 1. The van der Waals surface area contributed by atoms with Crippen LogP contribution in [0, 0.1) is 0 Å². The number of benzene rings is 2. The minimum Gasteiger partial charge on any atom is -0.366 e. The molecule has 1 atom stereocenters. The molecule has 1 fully saturated rings. The second kappa shape index (κ2) is 8.75. The summed E-state index contributed by atoms with van der Waals surface area (Å²) < 4.78 is 0. The highest BCUT2D eigenvalue weighted by Crippen LogP contribution is 2.45. The molecule has 33 heavy (non-hydrogen) atoms. The lowest BCUT2D eigenvalue weighted by Crippen LogP contribution is -2.54. The Bertz CT molecular complexity index is 1210. The van der Waals surface area contributed by atoms with Gasteiger partial charge in [0.15, 0.2) is 5.11 Å². The Morgan fingerprint density at radius 2 is 1.94 bits per heavy atom. The van der Waals surface area contributed by atoms with Crippen molar-refractivity contribution in [3.8, 4) is 0 Å². The first kappa shape index (κ1) is 23.7. The molecule has 0 saturated carbocycles. The number of fused-ring (bicyclic) bond motifs is 1. The highest BCUT2D eigenvalue weighted by Gasteiger charge is 2.37. The van der Waals surface area contributed by atoms with E-state index in [1.54, 1.807) is 30.3 Å². The van der Waals surface area contributed by atoms with Crippen molar-refractivity contribution < 1.29 is 9.59 Å². The number of anilines is 2. The molecule has 2 aliphatic rings. The molecule has 2 aliphatic heterocycles. The van der Waals surface area contributed by atoms with Crippen LogP contribution in [-0.2, 0) is 9.59 Å². The maximum atomic E-state index is 13.3. The van der Waals surface area contributed by atoms with E-state index in [-0.39, 0.29) is 16.2 Å². The Labute approximate surface area is 209 Å². The topological polar surface area (TPSA) is 52.7 Å². The number of nitrogens with zero attached hydrogens (tertiary/aromatic N) is 2. The first-order chi connectivity index (χ1) is 15.5. The van der Waals surface area contributed by atoms with Gasteiger partial charge in [0, 0.05) is 27.8 Å². The summed E-state index contributed by atoms with van der Waals surface area (Å²) in [7, 11) is 0. The van der Waals surface area contributed by atoms with Gasteiger partial charge < -0.3 is 4.90 Å². The Morgan fingerprint density at radius 3 is 2.61 bits per heavy atom. The summed E-state index contributed by atoms with van der Waals surface area (Å²) in [5.41, 5.74) is 3.32. The van der Waals surface area contributed by atoms with Crippen LogP contribution in [-0.4, -0.2) is 29.0 Å². The SMILES string of the molecule is CCN1c2cc(Cl)c(/C=C3/C(=O)NC(=S)N(c4cccc(Cl)c4)C3=O)cc2C(C)CC1(C)C. The van der Waals surface area contributed by atoms with Crippen LogP contribution in [0.15, 0.2) is 42.0 Å². The largest absolute Gasteiger partial charge is 0.366 e. The van der Waals surface area contributed by atoms with Gasteiger partial charge in [0.1, 0.15) is 5.57 Å². The third-order valence-corrected chi connectivity index (χ3v) is 7.14. The fourth-order valence-corrected chi connectivity index (χ4v) is 5.57.